The highest BCUT2D eigenvalue weighted by Gasteiger charge is 2.33. The van der Waals surface area contributed by atoms with Crippen LogP contribution in [0.25, 0.3) is 11.3 Å². The molecule has 0 amide bonds. The normalized spacial score (nSPS) is 11.5. The van der Waals surface area contributed by atoms with Gasteiger partial charge in [0.2, 0.25) is 5.95 Å². The van der Waals surface area contributed by atoms with E-state index in [1.54, 1.807) is 12.1 Å². The summed E-state index contributed by atoms with van der Waals surface area (Å²) >= 11 is 2.95. The predicted octanol–water partition coefficient (Wildman–Crippen LogP) is 6.49. The Morgan fingerprint density at radius 3 is 2.32 bits per heavy atom. The summed E-state index contributed by atoms with van der Waals surface area (Å²) in [6, 6.07) is 15.3. The van der Waals surface area contributed by atoms with E-state index in [0.717, 1.165) is 11.6 Å². The van der Waals surface area contributed by atoms with Crippen molar-refractivity contribution in [1.29, 1.82) is 0 Å². The van der Waals surface area contributed by atoms with Crippen LogP contribution in [0.3, 0.4) is 0 Å². The van der Waals surface area contributed by atoms with Crippen molar-refractivity contribution >= 4 is 33.4 Å². The molecule has 1 aromatic heterocycles. The molecule has 0 saturated carbocycles. The van der Waals surface area contributed by atoms with E-state index in [1.807, 2.05) is 44.2 Å². The molecule has 0 spiro atoms. The molecular weight excluding hydrogens is 433 g/mol. The molecule has 3 rings (SSSR count). The molecule has 0 aliphatic rings. The SMILES string of the molecule is CC(C)Nc1nc(Nc2ccc(Br)c(C(F)(F)F)c2)cc(-c2ccccc2)n1. The van der Waals surface area contributed by atoms with Crippen LogP contribution in [0.4, 0.5) is 30.6 Å². The Labute approximate surface area is 169 Å². The van der Waals surface area contributed by atoms with Gasteiger partial charge in [-0.25, -0.2) is 4.98 Å². The van der Waals surface area contributed by atoms with Crippen LogP contribution in [-0.4, -0.2) is 16.0 Å². The third-order valence-corrected chi connectivity index (χ3v) is 4.45. The molecule has 0 aliphatic heterocycles. The number of benzene rings is 2. The fourth-order valence-electron chi connectivity index (χ4n) is 2.56. The Kier molecular flexibility index (Phi) is 5.88. The van der Waals surface area contributed by atoms with E-state index in [-0.39, 0.29) is 16.2 Å². The van der Waals surface area contributed by atoms with Gasteiger partial charge in [-0.1, -0.05) is 46.3 Å². The number of anilines is 3. The Morgan fingerprint density at radius 1 is 0.964 bits per heavy atom. The molecule has 0 bridgehead atoms. The number of hydrogen-bond donors (Lipinski definition) is 2. The van der Waals surface area contributed by atoms with Crippen LogP contribution >= 0.6 is 15.9 Å². The highest BCUT2D eigenvalue weighted by atomic mass is 79.9. The molecule has 2 N–H and O–H groups in total. The highest BCUT2D eigenvalue weighted by molar-refractivity contribution is 9.10. The lowest BCUT2D eigenvalue weighted by molar-refractivity contribution is -0.138. The molecular formula is C20H18BrF3N4. The molecule has 4 nitrogen and oxygen atoms in total. The Balaban J connectivity index is 1.99. The molecule has 146 valence electrons. The monoisotopic (exact) mass is 450 g/mol. The van der Waals surface area contributed by atoms with Gasteiger partial charge in [0.05, 0.1) is 11.3 Å². The molecule has 0 atom stereocenters. The second kappa shape index (κ2) is 8.18. The second-order valence-corrected chi connectivity index (χ2v) is 7.30. The van der Waals surface area contributed by atoms with Crippen molar-refractivity contribution in [1.82, 2.24) is 9.97 Å². The molecule has 2 aromatic carbocycles. The molecule has 0 saturated heterocycles. The minimum atomic E-state index is -4.46. The van der Waals surface area contributed by atoms with Gasteiger partial charge in [-0.15, -0.1) is 0 Å². The van der Waals surface area contributed by atoms with E-state index in [0.29, 0.717) is 17.5 Å². The number of rotatable bonds is 5. The summed E-state index contributed by atoms with van der Waals surface area (Å²) in [6.07, 6.45) is -4.46. The maximum Gasteiger partial charge on any atom is 0.417 e. The summed E-state index contributed by atoms with van der Waals surface area (Å²) in [7, 11) is 0. The van der Waals surface area contributed by atoms with Crippen molar-refractivity contribution in [2.45, 2.75) is 26.1 Å². The third-order valence-electron chi connectivity index (χ3n) is 3.76. The van der Waals surface area contributed by atoms with Gasteiger partial charge in [0, 0.05) is 27.8 Å². The Morgan fingerprint density at radius 2 is 1.68 bits per heavy atom. The predicted molar refractivity (Wildman–Crippen MR) is 109 cm³/mol. The van der Waals surface area contributed by atoms with Crippen molar-refractivity contribution in [3.05, 3.63) is 64.6 Å². The van der Waals surface area contributed by atoms with E-state index < -0.39 is 11.7 Å². The second-order valence-electron chi connectivity index (χ2n) is 6.44. The Bertz CT molecular complexity index is 959. The average Bonchev–Trinajstić information content (AvgIpc) is 2.62. The molecule has 8 heteroatoms. The minimum absolute atomic E-state index is 0.0135. The summed E-state index contributed by atoms with van der Waals surface area (Å²) in [5.74, 6) is 0.791. The zero-order chi connectivity index (χ0) is 20.3. The summed E-state index contributed by atoms with van der Waals surface area (Å²) < 4.78 is 39.5. The topological polar surface area (TPSA) is 49.8 Å². The number of aromatic nitrogens is 2. The fourth-order valence-corrected chi connectivity index (χ4v) is 3.03. The van der Waals surface area contributed by atoms with Crippen LogP contribution in [0.15, 0.2) is 59.1 Å². The van der Waals surface area contributed by atoms with Gasteiger partial charge in [-0.3, -0.25) is 0 Å². The fraction of sp³-hybridized carbons (Fsp3) is 0.200. The van der Waals surface area contributed by atoms with Gasteiger partial charge in [0.15, 0.2) is 0 Å². The van der Waals surface area contributed by atoms with E-state index >= 15 is 0 Å². The van der Waals surface area contributed by atoms with E-state index in [9.17, 15) is 13.2 Å². The van der Waals surface area contributed by atoms with Crippen molar-refractivity contribution < 1.29 is 13.2 Å². The van der Waals surface area contributed by atoms with Gasteiger partial charge in [0.25, 0.3) is 0 Å². The lowest BCUT2D eigenvalue weighted by Crippen LogP contribution is -2.13. The zero-order valence-corrected chi connectivity index (χ0v) is 16.8. The van der Waals surface area contributed by atoms with Crippen molar-refractivity contribution in [2.75, 3.05) is 10.6 Å². The molecule has 1 heterocycles. The molecule has 3 aromatic rings. The zero-order valence-electron chi connectivity index (χ0n) is 15.2. The standard InChI is InChI=1S/C20H18BrF3N4/c1-12(2)25-19-27-17(13-6-4-3-5-7-13)11-18(28-19)26-14-8-9-16(21)15(10-14)20(22,23)24/h3-12H,1-2H3,(H2,25,26,27,28). The number of nitrogens with one attached hydrogen (secondary N) is 2. The molecule has 0 fully saturated rings. The van der Waals surface area contributed by atoms with Gasteiger partial charge in [-0.05, 0) is 32.0 Å². The molecule has 28 heavy (non-hydrogen) atoms. The lowest BCUT2D eigenvalue weighted by atomic mass is 10.1. The van der Waals surface area contributed by atoms with Crippen LogP contribution < -0.4 is 10.6 Å². The first-order chi connectivity index (χ1) is 13.2. The summed E-state index contributed by atoms with van der Waals surface area (Å²) in [4.78, 5) is 8.89. The van der Waals surface area contributed by atoms with Crippen LogP contribution in [-0.2, 0) is 6.18 Å². The van der Waals surface area contributed by atoms with Crippen molar-refractivity contribution in [2.24, 2.45) is 0 Å². The van der Waals surface area contributed by atoms with Crippen LogP contribution in [0, 0.1) is 0 Å². The number of hydrogen-bond acceptors (Lipinski definition) is 4. The first kappa shape index (κ1) is 20.1. The first-order valence-electron chi connectivity index (χ1n) is 8.57. The van der Waals surface area contributed by atoms with Crippen LogP contribution in [0.2, 0.25) is 0 Å². The van der Waals surface area contributed by atoms with E-state index in [4.69, 9.17) is 0 Å². The van der Waals surface area contributed by atoms with Crippen molar-refractivity contribution in [3.63, 3.8) is 0 Å². The van der Waals surface area contributed by atoms with Gasteiger partial charge >= 0.3 is 6.18 Å². The smallest absolute Gasteiger partial charge is 0.352 e. The summed E-state index contributed by atoms with van der Waals surface area (Å²) in [5, 5.41) is 6.09. The summed E-state index contributed by atoms with van der Waals surface area (Å²) in [6.45, 7) is 3.91. The van der Waals surface area contributed by atoms with Crippen molar-refractivity contribution in [3.8, 4) is 11.3 Å². The van der Waals surface area contributed by atoms with Gasteiger partial charge < -0.3 is 10.6 Å². The van der Waals surface area contributed by atoms with Gasteiger partial charge in [-0.2, -0.15) is 18.2 Å². The van der Waals surface area contributed by atoms with Crippen LogP contribution in [0.1, 0.15) is 19.4 Å². The molecule has 0 unspecified atom stereocenters. The highest BCUT2D eigenvalue weighted by Crippen LogP contribution is 2.37. The number of alkyl halides is 3. The third kappa shape index (κ3) is 5.01. The quantitative estimate of drug-likeness (QED) is 0.466. The number of halogens is 4. The van der Waals surface area contributed by atoms with Gasteiger partial charge in [0.1, 0.15) is 5.82 Å². The maximum atomic E-state index is 13.2. The van der Waals surface area contributed by atoms with E-state index in [2.05, 4.69) is 36.5 Å². The number of nitrogens with zero attached hydrogens (tertiary/aromatic N) is 2. The average molecular weight is 451 g/mol. The maximum absolute atomic E-state index is 13.2. The Hall–Kier alpha value is -2.61. The molecule has 0 aliphatic carbocycles. The first-order valence-corrected chi connectivity index (χ1v) is 9.36. The largest absolute Gasteiger partial charge is 0.417 e. The lowest BCUT2D eigenvalue weighted by Gasteiger charge is -2.15. The summed E-state index contributed by atoms with van der Waals surface area (Å²) in [5.41, 5.74) is 1.07. The minimum Gasteiger partial charge on any atom is -0.352 e. The van der Waals surface area contributed by atoms with Crippen LogP contribution in [0.5, 0.6) is 0 Å². The van der Waals surface area contributed by atoms with E-state index in [1.165, 1.54) is 6.07 Å². The molecule has 0 radical (unpaired) electrons.